The Morgan fingerprint density at radius 2 is 1.88 bits per heavy atom. The summed E-state index contributed by atoms with van der Waals surface area (Å²) in [6, 6.07) is 6.80. The lowest BCUT2D eigenvalue weighted by atomic mass is 10.0. The standard InChI is InChI=1S/C13H16FNO2/c14-13(17)12(10-4-2-1-3-5-10)15-8-6-11(16)7-9-15/h1-5,11-12,16H,6-9H2. The summed E-state index contributed by atoms with van der Waals surface area (Å²) in [6.45, 7) is 1.10. The molecule has 1 atom stereocenters. The van der Waals surface area contributed by atoms with Crippen LogP contribution in [0.2, 0.25) is 0 Å². The fraction of sp³-hybridized carbons (Fsp3) is 0.462. The van der Waals surface area contributed by atoms with Gasteiger partial charge in [0, 0.05) is 13.1 Å². The molecule has 4 heteroatoms. The van der Waals surface area contributed by atoms with Gasteiger partial charge in [0.15, 0.2) is 0 Å². The summed E-state index contributed by atoms with van der Waals surface area (Å²) >= 11 is 0. The van der Waals surface area contributed by atoms with Gasteiger partial charge < -0.3 is 5.11 Å². The molecule has 1 aromatic rings. The van der Waals surface area contributed by atoms with Crippen molar-refractivity contribution in [2.45, 2.75) is 25.0 Å². The third-order valence-corrected chi connectivity index (χ3v) is 3.19. The summed E-state index contributed by atoms with van der Waals surface area (Å²) in [4.78, 5) is 13.0. The first-order valence-electron chi connectivity index (χ1n) is 5.85. The maximum atomic E-state index is 13.2. The topological polar surface area (TPSA) is 40.5 Å². The van der Waals surface area contributed by atoms with Gasteiger partial charge in [-0.15, -0.1) is 0 Å². The molecule has 3 nitrogen and oxygen atoms in total. The second kappa shape index (κ2) is 5.38. The number of likely N-dealkylation sites (tertiary alicyclic amines) is 1. The van der Waals surface area contributed by atoms with E-state index in [0.29, 0.717) is 31.5 Å². The van der Waals surface area contributed by atoms with Gasteiger partial charge in [0.1, 0.15) is 6.04 Å². The van der Waals surface area contributed by atoms with Crippen molar-refractivity contribution in [1.82, 2.24) is 4.90 Å². The van der Waals surface area contributed by atoms with Gasteiger partial charge in [-0.1, -0.05) is 30.3 Å². The molecule has 1 heterocycles. The van der Waals surface area contributed by atoms with Crippen LogP contribution in [-0.2, 0) is 4.79 Å². The zero-order chi connectivity index (χ0) is 12.3. The highest BCUT2D eigenvalue weighted by atomic mass is 19.1. The van der Waals surface area contributed by atoms with Crippen molar-refractivity contribution >= 4 is 6.04 Å². The van der Waals surface area contributed by atoms with Crippen molar-refractivity contribution in [2.75, 3.05) is 13.1 Å². The highest BCUT2D eigenvalue weighted by Crippen LogP contribution is 2.25. The number of aliphatic hydroxyl groups excluding tert-OH is 1. The van der Waals surface area contributed by atoms with E-state index < -0.39 is 12.1 Å². The van der Waals surface area contributed by atoms with Crippen LogP contribution in [0.4, 0.5) is 4.39 Å². The van der Waals surface area contributed by atoms with Crippen molar-refractivity contribution in [3.8, 4) is 0 Å². The number of nitrogens with zero attached hydrogens (tertiary/aromatic N) is 1. The highest BCUT2D eigenvalue weighted by molar-refractivity contribution is 5.76. The van der Waals surface area contributed by atoms with Gasteiger partial charge >= 0.3 is 6.04 Å². The average molecular weight is 237 g/mol. The molecule has 0 aliphatic carbocycles. The van der Waals surface area contributed by atoms with E-state index in [-0.39, 0.29) is 6.10 Å². The first-order chi connectivity index (χ1) is 8.18. The number of piperidine rings is 1. The van der Waals surface area contributed by atoms with Crippen LogP contribution < -0.4 is 0 Å². The van der Waals surface area contributed by atoms with E-state index in [1.807, 2.05) is 6.07 Å². The Balaban J connectivity index is 2.16. The van der Waals surface area contributed by atoms with Gasteiger partial charge in [-0.05, 0) is 18.4 Å². The lowest BCUT2D eigenvalue weighted by molar-refractivity contribution is -0.136. The maximum Gasteiger partial charge on any atom is 0.322 e. The van der Waals surface area contributed by atoms with Crippen molar-refractivity contribution in [3.63, 3.8) is 0 Å². The SMILES string of the molecule is O=C(F)C(c1ccccc1)N1CCC(O)CC1. The second-order valence-electron chi connectivity index (χ2n) is 4.38. The van der Waals surface area contributed by atoms with Crippen LogP contribution in [0, 0.1) is 0 Å². The highest BCUT2D eigenvalue weighted by Gasteiger charge is 2.30. The van der Waals surface area contributed by atoms with Crippen molar-refractivity contribution in [2.24, 2.45) is 0 Å². The molecule has 0 saturated carbocycles. The number of benzene rings is 1. The van der Waals surface area contributed by atoms with Gasteiger partial charge in [-0.3, -0.25) is 9.69 Å². The van der Waals surface area contributed by atoms with Crippen molar-refractivity contribution < 1.29 is 14.3 Å². The molecule has 1 N–H and O–H groups in total. The smallest absolute Gasteiger partial charge is 0.322 e. The normalized spacial score (nSPS) is 20.1. The molecule has 0 aromatic heterocycles. The summed E-state index contributed by atoms with van der Waals surface area (Å²) in [5.74, 6) is 0. The minimum atomic E-state index is -1.33. The predicted molar refractivity (Wildman–Crippen MR) is 62.1 cm³/mol. The first-order valence-corrected chi connectivity index (χ1v) is 5.85. The Labute approximate surface area is 99.9 Å². The van der Waals surface area contributed by atoms with E-state index in [0.717, 1.165) is 0 Å². The van der Waals surface area contributed by atoms with E-state index in [4.69, 9.17) is 0 Å². The Morgan fingerprint density at radius 3 is 2.41 bits per heavy atom. The number of carbonyl (C=O) groups excluding carboxylic acids is 1. The molecule has 1 aromatic carbocycles. The van der Waals surface area contributed by atoms with Crippen LogP contribution >= 0.6 is 0 Å². The van der Waals surface area contributed by atoms with Crippen LogP contribution in [0.5, 0.6) is 0 Å². The van der Waals surface area contributed by atoms with Crippen LogP contribution in [0.1, 0.15) is 24.4 Å². The molecule has 92 valence electrons. The zero-order valence-electron chi connectivity index (χ0n) is 9.55. The molecule has 0 amide bonds. The van der Waals surface area contributed by atoms with E-state index in [1.54, 1.807) is 29.2 Å². The second-order valence-corrected chi connectivity index (χ2v) is 4.38. The summed E-state index contributed by atoms with van der Waals surface area (Å²) in [6.07, 6.45) is 0.866. The van der Waals surface area contributed by atoms with E-state index >= 15 is 0 Å². The lowest BCUT2D eigenvalue weighted by Gasteiger charge is -2.33. The third-order valence-electron chi connectivity index (χ3n) is 3.19. The molecule has 1 aliphatic rings. The molecule has 0 radical (unpaired) electrons. The Morgan fingerprint density at radius 1 is 1.29 bits per heavy atom. The predicted octanol–water partition coefficient (Wildman–Crippen LogP) is 1.68. The number of rotatable bonds is 3. The fourth-order valence-electron chi connectivity index (χ4n) is 2.26. The Bertz CT molecular complexity index is 374. The Hall–Kier alpha value is -1.26. The van der Waals surface area contributed by atoms with Gasteiger partial charge in [-0.25, -0.2) is 0 Å². The molecule has 2 rings (SSSR count). The molecule has 0 bridgehead atoms. The van der Waals surface area contributed by atoms with E-state index in [2.05, 4.69) is 0 Å². The molecular formula is C13H16FNO2. The number of hydrogen-bond donors (Lipinski definition) is 1. The largest absolute Gasteiger partial charge is 0.393 e. The molecule has 1 unspecified atom stereocenters. The summed E-state index contributed by atoms with van der Waals surface area (Å²) < 4.78 is 13.2. The number of hydrogen-bond acceptors (Lipinski definition) is 3. The van der Waals surface area contributed by atoms with Crippen molar-refractivity contribution in [3.05, 3.63) is 35.9 Å². The summed E-state index contributed by atoms with van der Waals surface area (Å²) in [5.41, 5.74) is 0.677. The number of halogens is 1. The Kier molecular flexibility index (Phi) is 3.86. The first kappa shape index (κ1) is 12.2. The monoisotopic (exact) mass is 237 g/mol. The van der Waals surface area contributed by atoms with Gasteiger partial charge in [-0.2, -0.15) is 4.39 Å². The maximum absolute atomic E-state index is 13.2. The van der Waals surface area contributed by atoms with E-state index in [1.165, 1.54) is 0 Å². The summed E-state index contributed by atoms with van der Waals surface area (Å²) in [7, 11) is 0. The number of carbonyl (C=O) groups is 1. The van der Waals surface area contributed by atoms with Crippen molar-refractivity contribution in [1.29, 1.82) is 0 Å². The van der Waals surface area contributed by atoms with Gasteiger partial charge in [0.25, 0.3) is 0 Å². The molecule has 1 fully saturated rings. The molecule has 1 saturated heterocycles. The minimum absolute atomic E-state index is 0.322. The van der Waals surface area contributed by atoms with Crippen LogP contribution in [0.25, 0.3) is 0 Å². The molecule has 1 aliphatic heterocycles. The van der Waals surface area contributed by atoms with Gasteiger partial charge in [0.2, 0.25) is 0 Å². The van der Waals surface area contributed by atoms with Crippen LogP contribution in [0.3, 0.4) is 0 Å². The zero-order valence-corrected chi connectivity index (χ0v) is 9.55. The minimum Gasteiger partial charge on any atom is -0.393 e. The molecular weight excluding hydrogens is 221 g/mol. The molecule has 0 spiro atoms. The lowest BCUT2D eigenvalue weighted by Crippen LogP contribution is -2.40. The van der Waals surface area contributed by atoms with Gasteiger partial charge in [0.05, 0.1) is 6.10 Å². The third kappa shape index (κ3) is 2.90. The van der Waals surface area contributed by atoms with Crippen LogP contribution in [0.15, 0.2) is 30.3 Å². The molecule has 17 heavy (non-hydrogen) atoms. The van der Waals surface area contributed by atoms with E-state index in [9.17, 15) is 14.3 Å². The number of aliphatic hydroxyl groups is 1. The average Bonchev–Trinajstić information content (AvgIpc) is 2.33. The summed E-state index contributed by atoms with van der Waals surface area (Å²) in [5, 5.41) is 9.41. The quantitative estimate of drug-likeness (QED) is 0.813. The fourth-order valence-corrected chi connectivity index (χ4v) is 2.26. The van der Waals surface area contributed by atoms with Crippen LogP contribution in [-0.4, -0.2) is 35.2 Å².